The zero-order valence-electron chi connectivity index (χ0n) is 15.8. The van der Waals surface area contributed by atoms with Crippen molar-refractivity contribution < 1.29 is 9.53 Å². The van der Waals surface area contributed by atoms with Crippen LogP contribution in [0.2, 0.25) is 0 Å². The molecule has 1 aromatic rings. The molecule has 2 saturated carbocycles. The van der Waals surface area contributed by atoms with Crippen molar-refractivity contribution >= 4 is 6.03 Å². The maximum absolute atomic E-state index is 12.6. The van der Waals surface area contributed by atoms with Crippen LogP contribution < -0.4 is 5.32 Å². The van der Waals surface area contributed by atoms with Crippen molar-refractivity contribution in [2.75, 3.05) is 20.2 Å². The van der Waals surface area contributed by atoms with E-state index in [-0.39, 0.29) is 11.4 Å². The number of ether oxygens (including phenoxy) is 1. The van der Waals surface area contributed by atoms with Gasteiger partial charge in [-0.3, -0.25) is 5.10 Å². The lowest BCUT2D eigenvalue weighted by atomic mass is 9.60. The number of nitrogens with zero attached hydrogens (tertiary/aromatic N) is 2. The maximum atomic E-state index is 12.6. The van der Waals surface area contributed by atoms with E-state index >= 15 is 0 Å². The van der Waals surface area contributed by atoms with Crippen LogP contribution in [-0.2, 0) is 11.2 Å². The molecule has 3 rings (SSSR count). The van der Waals surface area contributed by atoms with Crippen molar-refractivity contribution in [2.45, 2.75) is 70.9 Å². The second kappa shape index (κ2) is 7.77. The first-order valence-electron chi connectivity index (χ1n) is 9.69. The molecule has 6 nitrogen and oxygen atoms in total. The highest BCUT2D eigenvalue weighted by Crippen LogP contribution is 2.56. The summed E-state index contributed by atoms with van der Waals surface area (Å²) in [7, 11) is 1.95. The molecule has 6 heteroatoms. The van der Waals surface area contributed by atoms with Crippen LogP contribution in [0, 0.1) is 12.3 Å². The number of aromatic nitrogens is 2. The van der Waals surface area contributed by atoms with Gasteiger partial charge in [-0.25, -0.2) is 4.79 Å². The number of hydrogen-bond donors (Lipinski definition) is 2. The molecule has 0 unspecified atom stereocenters. The lowest BCUT2D eigenvalue weighted by Crippen LogP contribution is -2.65. The number of rotatable bonds is 7. The normalized spacial score (nSPS) is 24.3. The number of H-pyrrole nitrogens is 1. The first-order valence-corrected chi connectivity index (χ1v) is 9.69. The van der Waals surface area contributed by atoms with E-state index < -0.39 is 0 Å². The quantitative estimate of drug-likeness (QED) is 0.744. The Morgan fingerprint density at radius 1 is 1.48 bits per heavy atom. The molecule has 1 spiro atoms. The summed E-state index contributed by atoms with van der Waals surface area (Å²) in [5, 5.41) is 10.1. The minimum Gasteiger partial charge on any atom is -0.378 e. The highest BCUT2D eigenvalue weighted by atomic mass is 16.5. The highest BCUT2D eigenvalue weighted by molar-refractivity contribution is 5.74. The van der Waals surface area contributed by atoms with Crippen LogP contribution in [0.3, 0.4) is 0 Å². The second-order valence-electron chi connectivity index (χ2n) is 7.60. The summed E-state index contributed by atoms with van der Waals surface area (Å²) < 4.78 is 5.96. The van der Waals surface area contributed by atoms with Crippen LogP contribution in [0.1, 0.15) is 56.7 Å². The van der Waals surface area contributed by atoms with E-state index in [4.69, 9.17) is 4.74 Å². The Labute approximate surface area is 150 Å². The number of carbonyl (C=O) groups is 1. The lowest BCUT2D eigenvalue weighted by Gasteiger charge is -2.56. The number of amides is 2. The van der Waals surface area contributed by atoms with E-state index in [2.05, 4.69) is 22.4 Å². The summed E-state index contributed by atoms with van der Waals surface area (Å²) >= 11 is 0. The van der Waals surface area contributed by atoms with Gasteiger partial charge in [-0.1, -0.05) is 12.8 Å². The first-order chi connectivity index (χ1) is 12.1. The van der Waals surface area contributed by atoms with E-state index in [0.717, 1.165) is 31.6 Å². The van der Waals surface area contributed by atoms with Crippen LogP contribution in [0.5, 0.6) is 0 Å². The minimum absolute atomic E-state index is 0.0511. The molecule has 2 aliphatic rings. The van der Waals surface area contributed by atoms with Gasteiger partial charge in [-0.15, -0.1) is 0 Å². The zero-order chi connectivity index (χ0) is 17.9. The van der Waals surface area contributed by atoms with Crippen LogP contribution in [0.25, 0.3) is 0 Å². The third kappa shape index (κ3) is 3.54. The topological polar surface area (TPSA) is 70.2 Å². The Balaban J connectivity index is 1.46. The second-order valence-corrected chi connectivity index (χ2v) is 7.60. The fourth-order valence-electron chi connectivity index (χ4n) is 4.76. The zero-order valence-corrected chi connectivity index (χ0v) is 15.8. The summed E-state index contributed by atoms with van der Waals surface area (Å²) in [5.74, 6) is 0. The van der Waals surface area contributed by atoms with E-state index in [0.29, 0.717) is 18.7 Å². The summed E-state index contributed by atoms with van der Waals surface area (Å²) in [6, 6.07) is 0.373. The van der Waals surface area contributed by atoms with Gasteiger partial charge in [0.25, 0.3) is 0 Å². The molecule has 2 N–H and O–H groups in total. The summed E-state index contributed by atoms with van der Waals surface area (Å²) in [6.07, 6.45) is 9.97. The molecule has 2 aliphatic carbocycles. The van der Waals surface area contributed by atoms with Crippen molar-refractivity contribution in [3.8, 4) is 0 Å². The monoisotopic (exact) mass is 348 g/mol. The summed E-state index contributed by atoms with van der Waals surface area (Å²) in [6.45, 7) is 5.56. The van der Waals surface area contributed by atoms with Crippen LogP contribution in [0.4, 0.5) is 4.79 Å². The Kier molecular flexibility index (Phi) is 5.67. The standard InChI is InChI=1S/C19H32N4O2/c1-4-25-17-12-16(19(17)9-5-6-10-19)23(3)18(24)20-11-7-8-15-13-21-22-14(15)2/h13,16-17H,4-12H2,1-3H3,(H,20,24)(H,21,22)/t16-,17+/m0/s1. The highest BCUT2D eigenvalue weighted by Gasteiger charge is 2.58. The number of carbonyl (C=O) groups excluding carboxylic acids is 1. The van der Waals surface area contributed by atoms with Crippen molar-refractivity contribution in [3.05, 3.63) is 17.5 Å². The smallest absolute Gasteiger partial charge is 0.317 e. The Hall–Kier alpha value is -1.56. The van der Waals surface area contributed by atoms with Gasteiger partial charge in [0.2, 0.25) is 0 Å². The largest absolute Gasteiger partial charge is 0.378 e. The molecule has 25 heavy (non-hydrogen) atoms. The van der Waals surface area contributed by atoms with Crippen molar-refractivity contribution in [1.29, 1.82) is 0 Å². The van der Waals surface area contributed by atoms with Gasteiger partial charge in [-0.05, 0) is 51.5 Å². The number of urea groups is 1. The van der Waals surface area contributed by atoms with Gasteiger partial charge in [0, 0.05) is 37.4 Å². The van der Waals surface area contributed by atoms with Crippen LogP contribution >= 0.6 is 0 Å². The maximum Gasteiger partial charge on any atom is 0.317 e. The molecule has 140 valence electrons. The van der Waals surface area contributed by atoms with Gasteiger partial charge in [0.05, 0.1) is 12.3 Å². The molecule has 0 saturated heterocycles. The van der Waals surface area contributed by atoms with Gasteiger partial charge >= 0.3 is 6.03 Å². The van der Waals surface area contributed by atoms with Gasteiger partial charge < -0.3 is 15.0 Å². The van der Waals surface area contributed by atoms with Gasteiger partial charge in [0.1, 0.15) is 0 Å². The molecule has 0 bridgehead atoms. The van der Waals surface area contributed by atoms with Gasteiger partial charge in [-0.2, -0.15) is 5.10 Å². The van der Waals surface area contributed by atoms with E-state index in [9.17, 15) is 4.79 Å². The molecule has 2 amide bonds. The fourth-order valence-corrected chi connectivity index (χ4v) is 4.76. The molecule has 0 aliphatic heterocycles. The van der Waals surface area contributed by atoms with Crippen molar-refractivity contribution in [3.63, 3.8) is 0 Å². The molecule has 1 aromatic heterocycles. The van der Waals surface area contributed by atoms with E-state index in [1.807, 2.05) is 25.1 Å². The number of nitrogens with one attached hydrogen (secondary N) is 2. The predicted molar refractivity (Wildman–Crippen MR) is 97.5 cm³/mol. The average Bonchev–Trinajstić information content (AvgIpc) is 3.25. The van der Waals surface area contributed by atoms with E-state index in [1.54, 1.807) is 0 Å². The van der Waals surface area contributed by atoms with Crippen LogP contribution in [0.15, 0.2) is 6.20 Å². The van der Waals surface area contributed by atoms with Crippen molar-refractivity contribution in [2.24, 2.45) is 5.41 Å². The number of aryl methyl sites for hydroxylation is 2. The van der Waals surface area contributed by atoms with Gasteiger partial charge in [0.15, 0.2) is 0 Å². The third-order valence-corrected chi connectivity index (χ3v) is 6.27. The Morgan fingerprint density at radius 3 is 2.88 bits per heavy atom. The van der Waals surface area contributed by atoms with Crippen molar-refractivity contribution in [1.82, 2.24) is 20.4 Å². The first kappa shape index (κ1) is 18.2. The molecule has 2 atom stereocenters. The third-order valence-electron chi connectivity index (χ3n) is 6.27. The predicted octanol–water partition coefficient (Wildman–Crippen LogP) is 3.03. The molecular weight excluding hydrogens is 316 g/mol. The fraction of sp³-hybridized carbons (Fsp3) is 0.789. The number of hydrogen-bond acceptors (Lipinski definition) is 3. The number of aromatic amines is 1. The molecule has 2 fully saturated rings. The Bertz CT molecular complexity index is 580. The molecular formula is C19H32N4O2. The summed E-state index contributed by atoms with van der Waals surface area (Å²) in [5.41, 5.74) is 2.55. The molecule has 0 radical (unpaired) electrons. The Morgan fingerprint density at radius 2 is 2.24 bits per heavy atom. The lowest BCUT2D eigenvalue weighted by molar-refractivity contribution is -0.151. The molecule has 1 heterocycles. The average molecular weight is 348 g/mol. The SMILES string of the molecule is CCO[C@@H]1C[C@H](N(C)C(=O)NCCCc2cn[nH]c2C)C12CCCC2. The summed E-state index contributed by atoms with van der Waals surface area (Å²) in [4.78, 5) is 14.5. The van der Waals surface area contributed by atoms with E-state index in [1.165, 1.54) is 31.2 Å². The minimum atomic E-state index is 0.0511. The van der Waals surface area contributed by atoms with Crippen LogP contribution in [-0.4, -0.2) is 53.5 Å². The molecule has 0 aromatic carbocycles.